The van der Waals surface area contributed by atoms with Gasteiger partial charge in [-0.05, 0) is 12.5 Å². The van der Waals surface area contributed by atoms with Crippen molar-refractivity contribution in [2.24, 2.45) is 0 Å². The highest BCUT2D eigenvalue weighted by Gasteiger charge is 2.07. The van der Waals surface area contributed by atoms with Crippen LogP contribution in [0, 0.1) is 0 Å². The maximum atomic E-state index is 11.5. The molecular formula is C16H25NO4. The van der Waals surface area contributed by atoms with Crippen LogP contribution < -0.4 is 10.1 Å². The second kappa shape index (κ2) is 11.1. The fraction of sp³-hybridized carbons (Fsp3) is 0.562. The second-order valence-corrected chi connectivity index (χ2v) is 4.64. The normalized spacial score (nSPS) is 10.4. The van der Waals surface area contributed by atoms with Crippen LogP contribution in [0.15, 0.2) is 24.3 Å². The summed E-state index contributed by atoms with van der Waals surface area (Å²) in [5.41, 5.74) is 1.01. The van der Waals surface area contributed by atoms with Crippen molar-refractivity contribution in [1.82, 2.24) is 5.32 Å². The Morgan fingerprint density at radius 1 is 1.24 bits per heavy atom. The fourth-order valence-corrected chi connectivity index (χ4v) is 1.70. The van der Waals surface area contributed by atoms with Gasteiger partial charge in [-0.3, -0.25) is 0 Å². The highest BCUT2D eigenvalue weighted by Crippen LogP contribution is 2.17. The number of rotatable bonds is 11. The molecule has 0 unspecified atom stereocenters. The molecule has 0 fully saturated rings. The molecule has 0 amide bonds. The standard InChI is InChI=1S/C16H25NO4/c1-3-4-10-20-16(18)13-21-15-8-6-5-7-14(15)12-17-9-11-19-2/h5-8,17H,3-4,9-13H2,1-2H3. The maximum absolute atomic E-state index is 11.5. The van der Waals surface area contributed by atoms with Crippen LogP contribution in [0.25, 0.3) is 0 Å². The van der Waals surface area contributed by atoms with Crippen LogP contribution in [-0.4, -0.2) is 39.4 Å². The predicted octanol–water partition coefficient (Wildman–Crippen LogP) is 2.14. The molecule has 5 nitrogen and oxygen atoms in total. The molecule has 0 atom stereocenters. The minimum Gasteiger partial charge on any atom is -0.482 e. The second-order valence-electron chi connectivity index (χ2n) is 4.64. The van der Waals surface area contributed by atoms with E-state index in [1.165, 1.54) is 0 Å². The highest BCUT2D eigenvalue weighted by molar-refractivity contribution is 5.71. The van der Waals surface area contributed by atoms with Crippen molar-refractivity contribution in [2.75, 3.05) is 33.5 Å². The van der Waals surface area contributed by atoms with E-state index in [0.717, 1.165) is 24.9 Å². The van der Waals surface area contributed by atoms with Gasteiger partial charge in [0.15, 0.2) is 6.61 Å². The van der Waals surface area contributed by atoms with E-state index in [-0.39, 0.29) is 12.6 Å². The molecule has 1 aromatic carbocycles. The van der Waals surface area contributed by atoms with Crippen LogP contribution in [-0.2, 0) is 20.8 Å². The largest absolute Gasteiger partial charge is 0.482 e. The predicted molar refractivity (Wildman–Crippen MR) is 81.4 cm³/mol. The molecule has 0 radical (unpaired) electrons. The van der Waals surface area contributed by atoms with Crippen molar-refractivity contribution in [3.05, 3.63) is 29.8 Å². The van der Waals surface area contributed by atoms with Gasteiger partial charge in [-0.2, -0.15) is 0 Å². The summed E-state index contributed by atoms with van der Waals surface area (Å²) < 4.78 is 15.6. The molecule has 0 aliphatic rings. The van der Waals surface area contributed by atoms with Crippen LogP contribution in [0.5, 0.6) is 5.75 Å². The smallest absolute Gasteiger partial charge is 0.344 e. The summed E-state index contributed by atoms with van der Waals surface area (Å²) >= 11 is 0. The van der Waals surface area contributed by atoms with Crippen LogP contribution in [0.1, 0.15) is 25.3 Å². The van der Waals surface area contributed by atoms with Gasteiger partial charge in [0, 0.05) is 25.8 Å². The minimum absolute atomic E-state index is 0.0567. The first-order valence-corrected chi connectivity index (χ1v) is 7.34. The average Bonchev–Trinajstić information content (AvgIpc) is 2.51. The molecule has 21 heavy (non-hydrogen) atoms. The van der Waals surface area contributed by atoms with E-state index in [0.29, 0.717) is 25.5 Å². The summed E-state index contributed by atoms with van der Waals surface area (Å²) in [5, 5.41) is 3.25. The number of nitrogens with one attached hydrogen (secondary N) is 1. The lowest BCUT2D eigenvalue weighted by molar-refractivity contribution is -0.146. The number of para-hydroxylation sites is 1. The monoisotopic (exact) mass is 295 g/mol. The molecule has 0 bridgehead atoms. The number of hydrogen-bond donors (Lipinski definition) is 1. The van der Waals surface area contributed by atoms with E-state index in [1.807, 2.05) is 24.3 Å². The number of benzene rings is 1. The zero-order valence-corrected chi connectivity index (χ0v) is 12.9. The Morgan fingerprint density at radius 3 is 2.81 bits per heavy atom. The van der Waals surface area contributed by atoms with Gasteiger partial charge >= 0.3 is 5.97 Å². The summed E-state index contributed by atoms with van der Waals surface area (Å²) in [7, 11) is 1.67. The molecule has 0 saturated carbocycles. The van der Waals surface area contributed by atoms with Gasteiger partial charge in [0.1, 0.15) is 5.75 Å². The Kier molecular flexibility index (Phi) is 9.24. The first kappa shape index (κ1) is 17.5. The summed E-state index contributed by atoms with van der Waals surface area (Å²) in [6.07, 6.45) is 1.88. The van der Waals surface area contributed by atoms with Crippen LogP contribution in [0.3, 0.4) is 0 Å². The molecule has 0 heterocycles. The zero-order chi connectivity index (χ0) is 15.3. The van der Waals surface area contributed by atoms with Crippen molar-refractivity contribution in [3.8, 4) is 5.75 Å². The van der Waals surface area contributed by atoms with Gasteiger partial charge in [-0.1, -0.05) is 31.5 Å². The van der Waals surface area contributed by atoms with Gasteiger partial charge in [0.25, 0.3) is 0 Å². The first-order valence-electron chi connectivity index (χ1n) is 7.34. The van der Waals surface area contributed by atoms with E-state index >= 15 is 0 Å². The Bertz CT molecular complexity index is 409. The Balaban J connectivity index is 2.38. The van der Waals surface area contributed by atoms with E-state index < -0.39 is 0 Å². The quantitative estimate of drug-likeness (QED) is 0.501. The van der Waals surface area contributed by atoms with Crippen LogP contribution >= 0.6 is 0 Å². The van der Waals surface area contributed by atoms with Crippen molar-refractivity contribution in [2.45, 2.75) is 26.3 Å². The fourth-order valence-electron chi connectivity index (χ4n) is 1.70. The molecule has 0 aliphatic heterocycles. The van der Waals surface area contributed by atoms with E-state index in [9.17, 15) is 4.79 Å². The Labute approximate surface area is 126 Å². The van der Waals surface area contributed by atoms with Crippen molar-refractivity contribution >= 4 is 5.97 Å². The summed E-state index contributed by atoms with van der Waals surface area (Å²) in [6.45, 7) is 4.55. The molecule has 0 aromatic heterocycles. The highest BCUT2D eigenvalue weighted by atomic mass is 16.6. The lowest BCUT2D eigenvalue weighted by atomic mass is 10.2. The van der Waals surface area contributed by atoms with Crippen molar-refractivity contribution in [3.63, 3.8) is 0 Å². The van der Waals surface area contributed by atoms with Crippen molar-refractivity contribution in [1.29, 1.82) is 0 Å². The third-order valence-corrected chi connectivity index (χ3v) is 2.88. The molecule has 118 valence electrons. The molecule has 5 heteroatoms. The van der Waals surface area contributed by atoms with Crippen LogP contribution in [0.2, 0.25) is 0 Å². The first-order chi connectivity index (χ1) is 10.3. The van der Waals surface area contributed by atoms with Gasteiger partial charge in [-0.25, -0.2) is 4.79 Å². The molecule has 0 aliphatic carbocycles. The SMILES string of the molecule is CCCCOC(=O)COc1ccccc1CNCCOC. The Morgan fingerprint density at radius 2 is 2.05 bits per heavy atom. The lowest BCUT2D eigenvalue weighted by Gasteiger charge is -2.12. The van der Waals surface area contributed by atoms with Gasteiger partial charge in [0.2, 0.25) is 0 Å². The number of hydrogen-bond acceptors (Lipinski definition) is 5. The molecule has 0 spiro atoms. The molecule has 1 rings (SSSR count). The number of carbonyl (C=O) groups is 1. The third kappa shape index (κ3) is 7.68. The van der Waals surface area contributed by atoms with Gasteiger partial charge in [0.05, 0.1) is 13.2 Å². The number of methoxy groups -OCH3 is 1. The zero-order valence-electron chi connectivity index (χ0n) is 12.9. The molecule has 1 N–H and O–H groups in total. The topological polar surface area (TPSA) is 56.8 Å². The van der Waals surface area contributed by atoms with E-state index in [1.54, 1.807) is 7.11 Å². The molecular weight excluding hydrogens is 270 g/mol. The van der Waals surface area contributed by atoms with E-state index in [2.05, 4.69) is 12.2 Å². The lowest BCUT2D eigenvalue weighted by Crippen LogP contribution is -2.20. The number of unbranched alkanes of at least 4 members (excludes halogenated alkanes) is 1. The summed E-state index contributed by atoms with van der Waals surface area (Å²) in [5.74, 6) is 0.375. The molecule has 0 saturated heterocycles. The third-order valence-electron chi connectivity index (χ3n) is 2.88. The van der Waals surface area contributed by atoms with Crippen LogP contribution in [0.4, 0.5) is 0 Å². The van der Waals surface area contributed by atoms with Gasteiger partial charge in [-0.15, -0.1) is 0 Å². The summed E-state index contributed by atoms with van der Waals surface area (Å²) in [6, 6.07) is 7.65. The maximum Gasteiger partial charge on any atom is 0.344 e. The number of esters is 1. The van der Waals surface area contributed by atoms with Gasteiger partial charge < -0.3 is 19.5 Å². The minimum atomic E-state index is -0.328. The van der Waals surface area contributed by atoms with Crippen molar-refractivity contribution < 1.29 is 19.0 Å². The number of carbonyl (C=O) groups excluding carboxylic acids is 1. The average molecular weight is 295 g/mol. The Hall–Kier alpha value is -1.59. The molecule has 1 aromatic rings. The number of ether oxygens (including phenoxy) is 3. The van der Waals surface area contributed by atoms with E-state index in [4.69, 9.17) is 14.2 Å². The summed E-state index contributed by atoms with van der Waals surface area (Å²) in [4.78, 5) is 11.5.